The predicted molar refractivity (Wildman–Crippen MR) is 134 cm³/mol. The number of morpholine rings is 1. The van der Waals surface area contributed by atoms with Crippen LogP contribution in [-0.4, -0.2) is 56.3 Å². The Morgan fingerprint density at radius 2 is 1.83 bits per heavy atom. The van der Waals surface area contributed by atoms with Gasteiger partial charge < -0.3 is 19.8 Å². The number of hydrogen-bond acceptors (Lipinski definition) is 7. The highest BCUT2D eigenvalue weighted by atomic mass is 16.5. The molecule has 7 rings (SSSR count). The van der Waals surface area contributed by atoms with E-state index in [9.17, 15) is 0 Å². The summed E-state index contributed by atoms with van der Waals surface area (Å²) in [4.78, 5) is 16.6. The number of pyridine rings is 2. The van der Waals surface area contributed by atoms with Gasteiger partial charge in [0.05, 0.1) is 30.1 Å². The molecule has 8 nitrogen and oxygen atoms in total. The average Bonchev–Trinajstić information content (AvgIpc) is 3.26. The lowest BCUT2D eigenvalue weighted by molar-refractivity contribution is -0.221. The quantitative estimate of drug-likeness (QED) is 0.550. The third kappa shape index (κ3) is 3.70. The summed E-state index contributed by atoms with van der Waals surface area (Å²) in [6, 6.07) is 7.75. The van der Waals surface area contributed by atoms with E-state index >= 15 is 0 Å². The van der Waals surface area contributed by atoms with Gasteiger partial charge in [-0.2, -0.15) is 0 Å². The van der Waals surface area contributed by atoms with E-state index in [0.29, 0.717) is 23.0 Å². The first-order chi connectivity index (χ1) is 16.9. The predicted octanol–water partition coefficient (Wildman–Crippen LogP) is 4.15. The van der Waals surface area contributed by atoms with Gasteiger partial charge in [-0.1, -0.05) is 19.9 Å². The van der Waals surface area contributed by atoms with E-state index in [-0.39, 0.29) is 11.6 Å². The average molecular weight is 475 g/mol. The van der Waals surface area contributed by atoms with Crippen LogP contribution in [-0.2, 0) is 10.3 Å². The summed E-state index contributed by atoms with van der Waals surface area (Å²) in [6.45, 7) is 10.2. The Labute approximate surface area is 206 Å². The molecule has 1 unspecified atom stereocenters. The molecule has 0 spiro atoms. The molecule has 184 valence electrons. The highest BCUT2D eigenvalue weighted by Gasteiger charge is 2.71. The van der Waals surface area contributed by atoms with Crippen molar-refractivity contribution in [2.45, 2.75) is 63.1 Å². The highest BCUT2D eigenvalue weighted by Crippen LogP contribution is 2.68. The van der Waals surface area contributed by atoms with E-state index in [2.05, 4.69) is 39.5 Å². The van der Waals surface area contributed by atoms with Crippen LogP contribution in [0.1, 0.15) is 63.6 Å². The molecular formula is C27H34N6O2. The molecule has 3 aromatic heterocycles. The van der Waals surface area contributed by atoms with Crippen LogP contribution in [0.4, 0.5) is 5.82 Å². The van der Waals surface area contributed by atoms with Crippen LogP contribution >= 0.6 is 0 Å². The Balaban J connectivity index is 1.25. The molecule has 4 fully saturated rings. The second-order valence-electron chi connectivity index (χ2n) is 10.7. The Morgan fingerprint density at radius 1 is 1.06 bits per heavy atom. The molecule has 8 heteroatoms. The smallest absolute Gasteiger partial charge is 0.166 e. The zero-order valence-electron chi connectivity index (χ0n) is 20.8. The van der Waals surface area contributed by atoms with Gasteiger partial charge in [-0.05, 0) is 44.4 Å². The van der Waals surface area contributed by atoms with Crippen molar-refractivity contribution in [3.63, 3.8) is 0 Å². The summed E-state index contributed by atoms with van der Waals surface area (Å²) in [5.41, 5.74) is 9.42. The molecule has 2 bridgehead atoms. The normalized spacial score (nSPS) is 26.7. The number of aromatic nitrogens is 4. The molecule has 1 atom stereocenters. The zero-order chi connectivity index (χ0) is 24.2. The van der Waals surface area contributed by atoms with Crippen molar-refractivity contribution in [3.8, 4) is 17.0 Å². The van der Waals surface area contributed by atoms with Gasteiger partial charge in [0.15, 0.2) is 11.6 Å². The first-order valence-electron chi connectivity index (χ1n) is 12.7. The van der Waals surface area contributed by atoms with Crippen molar-refractivity contribution < 1.29 is 9.47 Å². The number of hydrogen-bond donors (Lipinski definition) is 1. The maximum absolute atomic E-state index is 6.17. The van der Waals surface area contributed by atoms with Gasteiger partial charge in [0.25, 0.3) is 0 Å². The van der Waals surface area contributed by atoms with E-state index in [4.69, 9.17) is 20.2 Å². The number of anilines is 1. The van der Waals surface area contributed by atoms with E-state index < -0.39 is 0 Å². The molecule has 1 aliphatic heterocycles. The second-order valence-corrected chi connectivity index (χ2v) is 10.7. The van der Waals surface area contributed by atoms with Gasteiger partial charge in [0.1, 0.15) is 11.9 Å². The van der Waals surface area contributed by atoms with Crippen LogP contribution in [0.5, 0.6) is 5.75 Å². The number of nitrogens with two attached hydrogens (primary N) is 1. The summed E-state index contributed by atoms with van der Waals surface area (Å²) in [5, 5.41) is 0. The summed E-state index contributed by atoms with van der Waals surface area (Å²) < 4.78 is 14.2. The highest BCUT2D eigenvalue weighted by molar-refractivity contribution is 5.64. The third-order valence-corrected chi connectivity index (χ3v) is 8.00. The minimum atomic E-state index is -0.239. The van der Waals surface area contributed by atoms with Crippen LogP contribution in [0.2, 0.25) is 0 Å². The van der Waals surface area contributed by atoms with Gasteiger partial charge in [0, 0.05) is 48.7 Å². The first-order valence-corrected chi connectivity index (χ1v) is 12.7. The van der Waals surface area contributed by atoms with E-state index in [1.54, 1.807) is 12.4 Å². The van der Waals surface area contributed by atoms with E-state index in [1.807, 2.05) is 31.2 Å². The summed E-state index contributed by atoms with van der Waals surface area (Å²) in [6.07, 6.45) is 9.14. The van der Waals surface area contributed by atoms with Crippen molar-refractivity contribution >= 4 is 5.82 Å². The maximum atomic E-state index is 6.17. The molecular weight excluding hydrogens is 440 g/mol. The van der Waals surface area contributed by atoms with Crippen molar-refractivity contribution in [2.75, 3.05) is 32.0 Å². The molecule has 0 radical (unpaired) electrons. The first kappa shape index (κ1) is 22.5. The summed E-state index contributed by atoms with van der Waals surface area (Å²) >= 11 is 0. The molecule has 0 amide bonds. The summed E-state index contributed by atoms with van der Waals surface area (Å²) in [7, 11) is 0. The molecule has 4 aliphatic rings. The minimum absolute atomic E-state index is 0.192. The monoisotopic (exact) mass is 474 g/mol. The fourth-order valence-corrected chi connectivity index (χ4v) is 6.19. The number of ether oxygens (including phenoxy) is 2. The fraction of sp³-hybridized carbons (Fsp3) is 0.519. The standard InChI is InChI=1S/C27H34N6O2/c1-18(2)25-31-22(14-33(25)27-15-26(16-27,17-27)32-8-10-34-11-9-32)20-12-23(24(28)30-13-20)35-19(3)21-6-4-5-7-29-21/h4-7,12-14,18-19H,8-11,15-17H2,1-3H3,(H2,28,30). The van der Waals surface area contributed by atoms with E-state index in [0.717, 1.165) is 49.1 Å². The minimum Gasteiger partial charge on any atom is -0.481 e. The maximum Gasteiger partial charge on any atom is 0.166 e. The lowest BCUT2D eigenvalue weighted by atomic mass is 9.43. The van der Waals surface area contributed by atoms with E-state index in [1.165, 1.54) is 19.3 Å². The summed E-state index contributed by atoms with van der Waals surface area (Å²) in [5.74, 6) is 2.39. The fourth-order valence-electron chi connectivity index (χ4n) is 6.19. The Bertz CT molecular complexity index is 1200. The van der Waals surface area contributed by atoms with Crippen LogP contribution < -0.4 is 10.5 Å². The van der Waals surface area contributed by atoms with Crippen LogP contribution in [0.25, 0.3) is 11.3 Å². The van der Waals surface area contributed by atoms with Crippen molar-refractivity contribution in [3.05, 3.63) is 54.4 Å². The van der Waals surface area contributed by atoms with Crippen molar-refractivity contribution in [1.29, 1.82) is 0 Å². The lowest BCUT2D eigenvalue weighted by Crippen LogP contribution is -2.79. The van der Waals surface area contributed by atoms with Gasteiger partial charge in [0.2, 0.25) is 0 Å². The molecule has 0 aromatic carbocycles. The van der Waals surface area contributed by atoms with Gasteiger partial charge in [-0.15, -0.1) is 0 Å². The molecule has 3 saturated carbocycles. The molecule has 35 heavy (non-hydrogen) atoms. The van der Waals surface area contributed by atoms with Crippen LogP contribution in [0.3, 0.4) is 0 Å². The van der Waals surface area contributed by atoms with Crippen molar-refractivity contribution in [1.82, 2.24) is 24.4 Å². The van der Waals surface area contributed by atoms with Gasteiger partial charge in [-0.25, -0.2) is 9.97 Å². The molecule has 2 N–H and O–H groups in total. The van der Waals surface area contributed by atoms with Gasteiger partial charge >= 0.3 is 0 Å². The van der Waals surface area contributed by atoms with Crippen LogP contribution in [0.15, 0.2) is 42.9 Å². The topological polar surface area (TPSA) is 91.3 Å². The molecule has 1 saturated heterocycles. The second kappa shape index (κ2) is 8.31. The zero-order valence-corrected chi connectivity index (χ0v) is 20.8. The number of imidazole rings is 1. The Morgan fingerprint density at radius 3 is 2.51 bits per heavy atom. The largest absolute Gasteiger partial charge is 0.481 e. The van der Waals surface area contributed by atoms with Crippen molar-refractivity contribution in [2.24, 2.45) is 0 Å². The molecule has 3 aliphatic carbocycles. The lowest BCUT2D eigenvalue weighted by Gasteiger charge is -2.74. The third-order valence-electron chi connectivity index (χ3n) is 8.00. The Hall–Kier alpha value is -2.97. The number of rotatable bonds is 7. The number of nitrogens with zero attached hydrogens (tertiary/aromatic N) is 5. The SMILES string of the molecule is CC(C)c1nc(-c2cnc(N)c(OC(C)c3ccccn3)c2)cn1C12CC(N3CCOCC3)(C1)C2. The molecule has 3 aromatic rings. The molecule has 4 heterocycles. The number of nitrogen functional groups attached to an aromatic ring is 1. The van der Waals surface area contributed by atoms with Crippen LogP contribution in [0, 0.1) is 0 Å². The van der Waals surface area contributed by atoms with Gasteiger partial charge in [-0.3, -0.25) is 9.88 Å². The Kier molecular flexibility index (Phi) is 5.34.